The van der Waals surface area contributed by atoms with E-state index in [2.05, 4.69) is 19.2 Å². The van der Waals surface area contributed by atoms with E-state index in [4.69, 9.17) is 5.11 Å². The Labute approximate surface area is 62.6 Å². The van der Waals surface area contributed by atoms with Gasteiger partial charge in [-0.2, -0.15) is 0 Å². The predicted molar refractivity (Wildman–Crippen MR) is 41.9 cm³/mol. The Morgan fingerprint density at radius 1 is 1.60 bits per heavy atom. The van der Waals surface area contributed by atoms with Gasteiger partial charge in [-0.3, -0.25) is 0 Å². The first-order chi connectivity index (χ1) is 4.66. The summed E-state index contributed by atoms with van der Waals surface area (Å²) in [5.41, 5.74) is 0.420. The van der Waals surface area contributed by atoms with Crippen LogP contribution in [-0.2, 0) is 0 Å². The molecule has 0 radical (unpaired) electrons. The lowest BCUT2D eigenvalue weighted by Crippen LogP contribution is -2.32. The molecule has 1 unspecified atom stereocenters. The van der Waals surface area contributed by atoms with Crippen molar-refractivity contribution in [3.63, 3.8) is 0 Å². The summed E-state index contributed by atoms with van der Waals surface area (Å²) in [6.07, 6.45) is 2.59. The lowest BCUT2D eigenvalue weighted by molar-refractivity contribution is 0.229. The molecule has 0 aromatic carbocycles. The molecule has 1 saturated carbocycles. The highest BCUT2D eigenvalue weighted by atomic mass is 16.3. The summed E-state index contributed by atoms with van der Waals surface area (Å²) >= 11 is 0. The molecule has 10 heavy (non-hydrogen) atoms. The van der Waals surface area contributed by atoms with E-state index in [-0.39, 0.29) is 0 Å². The van der Waals surface area contributed by atoms with Crippen LogP contribution in [0.15, 0.2) is 0 Å². The van der Waals surface area contributed by atoms with E-state index in [1.54, 1.807) is 0 Å². The number of rotatable bonds is 4. The number of hydrogen-bond acceptors (Lipinski definition) is 2. The highest BCUT2D eigenvalue weighted by Gasteiger charge is 2.36. The SMILES string of the molecule is CC(CO)CNC1(C)CC1. The second-order valence-electron chi connectivity index (χ2n) is 3.73. The standard InChI is InChI=1S/C8H17NO/c1-7(6-10)5-9-8(2)3-4-8/h7,9-10H,3-6H2,1-2H3. The molecule has 1 atom stereocenters. The van der Waals surface area contributed by atoms with Crippen LogP contribution in [-0.4, -0.2) is 23.8 Å². The van der Waals surface area contributed by atoms with E-state index in [1.807, 2.05) is 0 Å². The summed E-state index contributed by atoms with van der Waals surface area (Å²) in [7, 11) is 0. The van der Waals surface area contributed by atoms with Crippen molar-refractivity contribution in [2.45, 2.75) is 32.2 Å². The average molecular weight is 143 g/mol. The fourth-order valence-electron chi connectivity index (χ4n) is 0.849. The van der Waals surface area contributed by atoms with Gasteiger partial charge in [0.25, 0.3) is 0 Å². The first-order valence-corrected chi connectivity index (χ1v) is 4.02. The summed E-state index contributed by atoms with van der Waals surface area (Å²) in [4.78, 5) is 0. The lowest BCUT2D eigenvalue weighted by atomic mass is 10.2. The Morgan fingerprint density at radius 3 is 2.60 bits per heavy atom. The highest BCUT2D eigenvalue weighted by molar-refractivity contribution is 4.97. The van der Waals surface area contributed by atoms with Gasteiger partial charge in [-0.1, -0.05) is 6.92 Å². The van der Waals surface area contributed by atoms with Gasteiger partial charge < -0.3 is 10.4 Å². The Morgan fingerprint density at radius 2 is 2.20 bits per heavy atom. The van der Waals surface area contributed by atoms with E-state index in [0.717, 1.165) is 6.54 Å². The third-order valence-electron chi connectivity index (χ3n) is 2.19. The van der Waals surface area contributed by atoms with Crippen molar-refractivity contribution in [2.75, 3.05) is 13.2 Å². The van der Waals surface area contributed by atoms with E-state index < -0.39 is 0 Å². The third kappa shape index (κ3) is 2.27. The maximum Gasteiger partial charge on any atom is 0.0468 e. The van der Waals surface area contributed by atoms with Crippen LogP contribution in [0.3, 0.4) is 0 Å². The van der Waals surface area contributed by atoms with Crippen molar-refractivity contribution >= 4 is 0 Å². The molecule has 1 fully saturated rings. The fraction of sp³-hybridized carbons (Fsp3) is 1.00. The van der Waals surface area contributed by atoms with E-state index in [0.29, 0.717) is 18.1 Å². The molecule has 1 aliphatic carbocycles. The van der Waals surface area contributed by atoms with Gasteiger partial charge in [0, 0.05) is 18.7 Å². The molecule has 2 nitrogen and oxygen atoms in total. The molecule has 0 bridgehead atoms. The maximum atomic E-state index is 8.71. The monoisotopic (exact) mass is 143 g/mol. The molecular weight excluding hydrogens is 126 g/mol. The van der Waals surface area contributed by atoms with E-state index in [1.165, 1.54) is 12.8 Å². The second kappa shape index (κ2) is 2.89. The van der Waals surface area contributed by atoms with Crippen LogP contribution in [0.2, 0.25) is 0 Å². The first kappa shape index (κ1) is 8.02. The first-order valence-electron chi connectivity index (χ1n) is 4.02. The molecule has 1 rings (SSSR count). The maximum absolute atomic E-state index is 8.71. The minimum atomic E-state index is 0.295. The molecule has 0 amide bonds. The summed E-state index contributed by atoms with van der Waals surface area (Å²) in [6, 6.07) is 0. The lowest BCUT2D eigenvalue weighted by Gasteiger charge is -2.14. The van der Waals surface area contributed by atoms with Crippen molar-refractivity contribution in [1.29, 1.82) is 0 Å². The smallest absolute Gasteiger partial charge is 0.0468 e. The van der Waals surface area contributed by atoms with Gasteiger partial charge in [-0.15, -0.1) is 0 Å². The Balaban J connectivity index is 2.04. The van der Waals surface area contributed by atoms with Crippen LogP contribution in [0.25, 0.3) is 0 Å². The number of nitrogens with one attached hydrogen (secondary N) is 1. The van der Waals surface area contributed by atoms with Crippen LogP contribution in [0.5, 0.6) is 0 Å². The number of aliphatic hydroxyl groups is 1. The molecular formula is C8H17NO. The summed E-state index contributed by atoms with van der Waals surface area (Å²) in [6.45, 7) is 5.53. The quantitative estimate of drug-likeness (QED) is 0.609. The van der Waals surface area contributed by atoms with Crippen molar-refractivity contribution < 1.29 is 5.11 Å². The minimum Gasteiger partial charge on any atom is -0.396 e. The zero-order valence-electron chi connectivity index (χ0n) is 6.85. The molecule has 0 aromatic rings. The van der Waals surface area contributed by atoms with Crippen LogP contribution < -0.4 is 5.32 Å². The Kier molecular flexibility index (Phi) is 2.32. The highest BCUT2D eigenvalue weighted by Crippen LogP contribution is 2.34. The molecule has 0 aliphatic heterocycles. The Hall–Kier alpha value is -0.0800. The molecule has 2 heteroatoms. The fourth-order valence-corrected chi connectivity index (χ4v) is 0.849. The van der Waals surface area contributed by atoms with Crippen molar-refractivity contribution in [1.82, 2.24) is 5.32 Å². The van der Waals surface area contributed by atoms with Gasteiger partial charge in [-0.25, -0.2) is 0 Å². The molecule has 0 aromatic heterocycles. The van der Waals surface area contributed by atoms with Crippen LogP contribution in [0, 0.1) is 5.92 Å². The van der Waals surface area contributed by atoms with Crippen molar-refractivity contribution in [3.8, 4) is 0 Å². The van der Waals surface area contributed by atoms with E-state index in [9.17, 15) is 0 Å². The van der Waals surface area contributed by atoms with E-state index >= 15 is 0 Å². The molecule has 60 valence electrons. The zero-order chi connectivity index (χ0) is 7.61. The van der Waals surface area contributed by atoms with Crippen LogP contribution >= 0.6 is 0 Å². The third-order valence-corrected chi connectivity index (χ3v) is 2.19. The van der Waals surface area contributed by atoms with Gasteiger partial charge in [-0.05, 0) is 25.7 Å². The van der Waals surface area contributed by atoms with Gasteiger partial charge in [0.2, 0.25) is 0 Å². The molecule has 0 saturated heterocycles. The Bertz CT molecular complexity index is 110. The summed E-state index contributed by atoms with van der Waals surface area (Å²) in [5.74, 6) is 0.400. The number of aliphatic hydroxyl groups excluding tert-OH is 1. The largest absolute Gasteiger partial charge is 0.396 e. The van der Waals surface area contributed by atoms with Crippen molar-refractivity contribution in [3.05, 3.63) is 0 Å². The van der Waals surface area contributed by atoms with Gasteiger partial charge in [0.1, 0.15) is 0 Å². The van der Waals surface area contributed by atoms with Gasteiger partial charge in [0.15, 0.2) is 0 Å². The average Bonchev–Trinajstić information content (AvgIpc) is 2.64. The summed E-state index contributed by atoms with van der Waals surface area (Å²) in [5, 5.41) is 12.1. The minimum absolute atomic E-state index is 0.295. The molecule has 2 N–H and O–H groups in total. The van der Waals surface area contributed by atoms with Crippen molar-refractivity contribution in [2.24, 2.45) is 5.92 Å². The van der Waals surface area contributed by atoms with Gasteiger partial charge >= 0.3 is 0 Å². The second-order valence-corrected chi connectivity index (χ2v) is 3.73. The summed E-state index contributed by atoms with van der Waals surface area (Å²) < 4.78 is 0. The predicted octanol–water partition coefficient (Wildman–Crippen LogP) is 0.757. The zero-order valence-corrected chi connectivity index (χ0v) is 6.85. The molecule has 1 aliphatic rings. The normalized spacial score (nSPS) is 24.3. The van der Waals surface area contributed by atoms with Crippen LogP contribution in [0.1, 0.15) is 26.7 Å². The molecule has 0 heterocycles. The van der Waals surface area contributed by atoms with Crippen LogP contribution in [0.4, 0.5) is 0 Å². The molecule has 0 spiro atoms. The van der Waals surface area contributed by atoms with Gasteiger partial charge in [0.05, 0.1) is 0 Å². The topological polar surface area (TPSA) is 32.3 Å². The number of hydrogen-bond donors (Lipinski definition) is 2.